The molecule has 0 unspecified atom stereocenters. The van der Waals surface area contributed by atoms with Gasteiger partial charge >= 0.3 is 0 Å². The Morgan fingerprint density at radius 2 is 2.04 bits per heavy atom. The first kappa shape index (κ1) is 19.0. The van der Waals surface area contributed by atoms with Gasteiger partial charge in [-0.05, 0) is 42.3 Å². The van der Waals surface area contributed by atoms with E-state index in [4.69, 9.17) is 23.2 Å². The molecule has 1 aromatic heterocycles. The van der Waals surface area contributed by atoms with Crippen molar-refractivity contribution in [2.75, 3.05) is 0 Å². The number of aromatic nitrogens is 2. The molecule has 2 heterocycles. The number of benzene rings is 2. The maximum Gasteiger partial charge on any atom is 0.224 e. The Balaban J connectivity index is 1.43. The van der Waals surface area contributed by atoms with E-state index in [1.54, 1.807) is 30.3 Å². The van der Waals surface area contributed by atoms with Gasteiger partial charge in [0.05, 0.1) is 22.2 Å². The van der Waals surface area contributed by atoms with Crippen molar-refractivity contribution in [1.29, 1.82) is 0 Å². The van der Waals surface area contributed by atoms with Crippen molar-refractivity contribution >= 4 is 29.1 Å². The molecule has 0 atom stereocenters. The zero-order valence-corrected chi connectivity index (χ0v) is 16.5. The Bertz CT molecular complexity index is 1030. The van der Waals surface area contributed by atoms with E-state index in [-0.39, 0.29) is 24.7 Å². The molecule has 2 aromatic carbocycles. The van der Waals surface area contributed by atoms with E-state index in [2.05, 4.69) is 14.9 Å². The SMILES string of the molecule is O=C(Cc1ccc(Cl)c(Cl)c1)NCc1cc(-c2cn3c(n2)CCC3)ccc1F. The van der Waals surface area contributed by atoms with Gasteiger partial charge in [-0.1, -0.05) is 29.3 Å². The molecule has 144 valence electrons. The molecule has 0 saturated heterocycles. The lowest BCUT2D eigenvalue weighted by atomic mass is 10.1. The molecular weight excluding hydrogens is 400 g/mol. The second-order valence-corrected chi connectivity index (χ2v) is 7.66. The second-order valence-electron chi connectivity index (χ2n) is 6.85. The van der Waals surface area contributed by atoms with Crippen LogP contribution in [0.15, 0.2) is 42.6 Å². The molecule has 4 rings (SSSR count). The highest BCUT2D eigenvalue weighted by molar-refractivity contribution is 6.42. The third-order valence-corrected chi connectivity index (χ3v) is 5.56. The third kappa shape index (κ3) is 4.05. The van der Waals surface area contributed by atoms with Crippen LogP contribution in [0.25, 0.3) is 11.3 Å². The molecule has 0 saturated carbocycles. The Hall–Kier alpha value is -2.37. The number of carbonyl (C=O) groups excluding carboxylic acids is 1. The van der Waals surface area contributed by atoms with E-state index < -0.39 is 0 Å². The second kappa shape index (κ2) is 7.94. The highest BCUT2D eigenvalue weighted by atomic mass is 35.5. The summed E-state index contributed by atoms with van der Waals surface area (Å²) in [7, 11) is 0. The zero-order valence-electron chi connectivity index (χ0n) is 15.0. The summed E-state index contributed by atoms with van der Waals surface area (Å²) in [5.74, 6) is 0.491. The van der Waals surface area contributed by atoms with Crippen molar-refractivity contribution < 1.29 is 9.18 Å². The van der Waals surface area contributed by atoms with E-state index in [0.717, 1.165) is 42.0 Å². The van der Waals surface area contributed by atoms with Gasteiger partial charge in [-0.15, -0.1) is 0 Å². The smallest absolute Gasteiger partial charge is 0.224 e. The summed E-state index contributed by atoms with van der Waals surface area (Å²) in [4.78, 5) is 16.8. The van der Waals surface area contributed by atoms with Crippen LogP contribution in [0.4, 0.5) is 4.39 Å². The van der Waals surface area contributed by atoms with Crippen LogP contribution in [0.5, 0.6) is 0 Å². The van der Waals surface area contributed by atoms with Gasteiger partial charge in [0, 0.05) is 36.8 Å². The minimum atomic E-state index is -0.356. The number of aryl methyl sites for hydroxylation is 2. The average Bonchev–Trinajstić information content (AvgIpc) is 3.26. The minimum Gasteiger partial charge on any atom is -0.352 e. The lowest BCUT2D eigenvalue weighted by Crippen LogP contribution is -2.25. The van der Waals surface area contributed by atoms with Crippen LogP contribution in [-0.2, 0) is 30.7 Å². The number of nitrogens with zero attached hydrogens (tertiary/aromatic N) is 2. The Kier molecular flexibility index (Phi) is 5.38. The van der Waals surface area contributed by atoms with Crippen LogP contribution in [0, 0.1) is 5.82 Å². The van der Waals surface area contributed by atoms with Crippen LogP contribution in [0.1, 0.15) is 23.4 Å². The Labute approximate surface area is 172 Å². The number of hydrogen-bond donors (Lipinski definition) is 1. The van der Waals surface area contributed by atoms with Gasteiger partial charge in [0.1, 0.15) is 11.6 Å². The maximum atomic E-state index is 14.2. The van der Waals surface area contributed by atoms with Gasteiger partial charge < -0.3 is 9.88 Å². The van der Waals surface area contributed by atoms with E-state index in [0.29, 0.717) is 15.6 Å². The Morgan fingerprint density at radius 3 is 2.82 bits per heavy atom. The molecule has 28 heavy (non-hydrogen) atoms. The molecule has 0 spiro atoms. The summed E-state index contributed by atoms with van der Waals surface area (Å²) < 4.78 is 16.3. The number of nitrogens with one attached hydrogen (secondary N) is 1. The van der Waals surface area contributed by atoms with Crippen molar-refractivity contribution in [1.82, 2.24) is 14.9 Å². The van der Waals surface area contributed by atoms with Crippen LogP contribution in [0.2, 0.25) is 10.0 Å². The lowest BCUT2D eigenvalue weighted by molar-refractivity contribution is -0.120. The number of carbonyl (C=O) groups is 1. The first-order chi connectivity index (χ1) is 13.5. The van der Waals surface area contributed by atoms with Gasteiger partial charge in [0.15, 0.2) is 0 Å². The molecule has 0 bridgehead atoms. The van der Waals surface area contributed by atoms with Gasteiger partial charge in [-0.2, -0.15) is 0 Å². The number of halogens is 3. The summed E-state index contributed by atoms with van der Waals surface area (Å²) in [5.41, 5.74) is 2.84. The fourth-order valence-electron chi connectivity index (χ4n) is 3.35. The zero-order chi connectivity index (χ0) is 19.7. The molecule has 7 heteroatoms. The Morgan fingerprint density at radius 1 is 1.18 bits per heavy atom. The lowest BCUT2D eigenvalue weighted by Gasteiger charge is -2.09. The van der Waals surface area contributed by atoms with Crippen LogP contribution in [0.3, 0.4) is 0 Å². The van der Waals surface area contributed by atoms with Gasteiger partial charge in [-0.3, -0.25) is 4.79 Å². The molecule has 4 nitrogen and oxygen atoms in total. The summed E-state index contributed by atoms with van der Waals surface area (Å²) in [6.45, 7) is 1.08. The fraction of sp³-hybridized carbons (Fsp3) is 0.238. The molecule has 1 aliphatic rings. The maximum absolute atomic E-state index is 14.2. The summed E-state index contributed by atoms with van der Waals surface area (Å²) in [6.07, 6.45) is 4.23. The predicted molar refractivity (Wildman–Crippen MR) is 108 cm³/mol. The molecule has 1 amide bonds. The number of hydrogen-bond acceptors (Lipinski definition) is 2. The van der Waals surface area contributed by atoms with E-state index in [9.17, 15) is 9.18 Å². The number of amides is 1. The highest BCUT2D eigenvalue weighted by Gasteiger charge is 2.16. The number of imidazole rings is 1. The molecule has 0 aliphatic carbocycles. The minimum absolute atomic E-state index is 0.105. The van der Waals surface area contributed by atoms with Crippen LogP contribution < -0.4 is 5.32 Å². The van der Waals surface area contributed by atoms with Crippen LogP contribution >= 0.6 is 23.2 Å². The van der Waals surface area contributed by atoms with Crippen molar-refractivity contribution in [3.63, 3.8) is 0 Å². The first-order valence-electron chi connectivity index (χ1n) is 9.05. The summed E-state index contributed by atoms with van der Waals surface area (Å²) >= 11 is 11.9. The summed E-state index contributed by atoms with van der Waals surface area (Å²) in [6, 6.07) is 9.93. The number of rotatable bonds is 5. The largest absolute Gasteiger partial charge is 0.352 e. The van der Waals surface area contributed by atoms with Crippen molar-refractivity contribution in [3.8, 4) is 11.3 Å². The molecule has 0 fully saturated rings. The first-order valence-corrected chi connectivity index (χ1v) is 9.80. The van der Waals surface area contributed by atoms with Crippen molar-refractivity contribution in [3.05, 3.63) is 75.4 Å². The van der Waals surface area contributed by atoms with E-state index in [1.807, 2.05) is 6.20 Å². The van der Waals surface area contributed by atoms with E-state index in [1.165, 1.54) is 6.07 Å². The molecule has 1 N–H and O–H groups in total. The molecule has 3 aromatic rings. The molecule has 1 aliphatic heterocycles. The predicted octanol–water partition coefficient (Wildman–Crippen LogP) is 4.80. The molecule has 0 radical (unpaired) electrons. The average molecular weight is 418 g/mol. The van der Waals surface area contributed by atoms with Gasteiger partial charge in [0.2, 0.25) is 5.91 Å². The van der Waals surface area contributed by atoms with Crippen LogP contribution in [-0.4, -0.2) is 15.5 Å². The van der Waals surface area contributed by atoms with E-state index >= 15 is 0 Å². The fourth-order valence-corrected chi connectivity index (χ4v) is 3.68. The van der Waals surface area contributed by atoms with Crippen molar-refractivity contribution in [2.45, 2.75) is 32.4 Å². The summed E-state index contributed by atoms with van der Waals surface area (Å²) in [5, 5.41) is 3.60. The standard InChI is InChI=1S/C21H18Cl2FN3O/c22-16-5-3-13(8-17(16)23)9-21(28)25-11-15-10-14(4-6-18(15)24)19-12-27-7-1-2-20(27)26-19/h3-6,8,10,12H,1-2,7,9,11H2,(H,25,28). The van der Waals surface area contributed by atoms with Crippen molar-refractivity contribution in [2.24, 2.45) is 0 Å². The van der Waals surface area contributed by atoms with Gasteiger partial charge in [0.25, 0.3) is 0 Å². The topological polar surface area (TPSA) is 46.9 Å². The number of fused-ring (bicyclic) bond motifs is 1. The van der Waals surface area contributed by atoms with Gasteiger partial charge in [-0.25, -0.2) is 9.37 Å². The molecular formula is C21H18Cl2FN3O. The monoisotopic (exact) mass is 417 g/mol. The highest BCUT2D eigenvalue weighted by Crippen LogP contribution is 2.25. The third-order valence-electron chi connectivity index (χ3n) is 4.82. The quantitative estimate of drug-likeness (QED) is 0.647. The normalized spacial score (nSPS) is 12.8.